The number of nitrogens with zero attached hydrogens (tertiary/aromatic N) is 4. The Balaban J connectivity index is 0.916. The molecule has 0 fully saturated rings. The molecule has 6 rings (SSSR count). The predicted octanol–water partition coefficient (Wildman–Crippen LogP) is 4.83. The van der Waals surface area contributed by atoms with Gasteiger partial charge in [-0.2, -0.15) is 14.2 Å². The van der Waals surface area contributed by atoms with Crippen molar-refractivity contribution in [3.8, 4) is 0 Å². The average molecular weight is 1090 g/mol. The molecule has 77 heavy (non-hydrogen) atoms. The zero-order valence-electron chi connectivity index (χ0n) is 43.5. The summed E-state index contributed by atoms with van der Waals surface area (Å²) in [6.07, 6.45) is 10.2. The number of pyridine rings is 2. The second-order valence-corrected chi connectivity index (χ2v) is 21.4. The lowest BCUT2D eigenvalue weighted by Crippen LogP contribution is -2.41. The summed E-state index contributed by atoms with van der Waals surface area (Å²) in [5.41, 5.74) is 15.7. The summed E-state index contributed by atoms with van der Waals surface area (Å²) >= 11 is 0. The zero-order chi connectivity index (χ0) is 55.7. The molecule has 0 aliphatic rings. The van der Waals surface area contributed by atoms with Crippen LogP contribution >= 0.6 is 0 Å². The molecule has 0 spiro atoms. The second-order valence-electron chi connectivity index (χ2n) is 18.1. The SMILES string of the molecule is Cc1ccc(S(=O)(=O)Nc2ccc(NNC=O)cc2)c(C)c1NC(=O)C[n+]1cccc(CON(C)CCCCCN(C)C(=O)c2ccc[n+](CC(=O)Nc3c(C)ccc(S(=O)(=O)Nc4ccc(NNC=O)cc4)c3C)c2)c1. The standard InChI is InChI=1S/C53H62N12O10S2/c1-37-14-24-47(76(71,72)60-45-20-16-43(17-21-45)58-54-35-66)39(3)51(37)56-49(68)32-64-28-10-12-41(30-64)34-75-63(6)27-9-7-8-26-62(5)53(70)42-13-11-29-65(31-42)33-50(69)57-52-38(2)15-25-48(40(52)4)77(73,74)61-46-22-18-44(19-23-46)59-55-36-67/h10-25,28-31,35-36,58-61H,7-9,26-27,32-34H2,1-6H3,(H2-2,54,55,56,57,66,67,68,69)/p+2. The molecule has 4 aromatic carbocycles. The molecular formula is C53H64N12O10S2+2. The number of hydrogen-bond acceptors (Lipinski definition) is 13. The molecule has 406 valence electrons. The van der Waals surface area contributed by atoms with Gasteiger partial charge in [0.1, 0.15) is 5.56 Å². The first-order chi connectivity index (χ1) is 36.8. The summed E-state index contributed by atoms with van der Waals surface area (Å²) in [6.45, 7) is 8.01. The lowest BCUT2D eigenvalue weighted by atomic mass is 10.1. The van der Waals surface area contributed by atoms with Crippen LogP contribution in [-0.2, 0) is 63.8 Å². The van der Waals surface area contributed by atoms with Gasteiger partial charge in [-0.05, 0) is 136 Å². The highest BCUT2D eigenvalue weighted by molar-refractivity contribution is 7.93. The van der Waals surface area contributed by atoms with Crippen LogP contribution in [0.3, 0.4) is 0 Å². The number of hydrogen-bond donors (Lipinski definition) is 8. The van der Waals surface area contributed by atoms with Gasteiger partial charge in [0.25, 0.3) is 37.8 Å². The molecule has 0 atom stereocenters. The van der Waals surface area contributed by atoms with Crippen LogP contribution in [0.15, 0.2) is 132 Å². The van der Waals surface area contributed by atoms with E-state index in [1.165, 1.54) is 24.3 Å². The van der Waals surface area contributed by atoms with Crippen molar-refractivity contribution in [1.82, 2.24) is 20.8 Å². The van der Waals surface area contributed by atoms with Crippen LogP contribution in [0.25, 0.3) is 0 Å². The number of aryl methyl sites for hydroxylation is 2. The maximum absolute atomic E-state index is 13.4. The lowest BCUT2D eigenvalue weighted by Gasteiger charge is -2.18. The number of rotatable bonds is 28. The van der Waals surface area contributed by atoms with Gasteiger partial charge < -0.3 is 15.5 Å². The summed E-state index contributed by atoms with van der Waals surface area (Å²) in [7, 11) is -4.52. The van der Waals surface area contributed by atoms with Crippen LogP contribution in [0.4, 0.5) is 34.1 Å². The normalized spacial score (nSPS) is 11.3. The maximum Gasteiger partial charge on any atom is 0.290 e. The number of sulfonamides is 2. The van der Waals surface area contributed by atoms with Crippen molar-refractivity contribution in [3.05, 3.63) is 155 Å². The third-order valence-electron chi connectivity index (χ3n) is 12.1. The average Bonchev–Trinajstić information content (AvgIpc) is 3.40. The highest BCUT2D eigenvalue weighted by Crippen LogP contribution is 2.30. The van der Waals surface area contributed by atoms with Crippen molar-refractivity contribution < 1.29 is 54.8 Å². The molecule has 0 aliphatic heterocycles. The van der Waals surface area contributed by atoms with E-state index in [0.29, 0.717) is 87.9 Å². The van der Waals surface area contributed by atoms with E-state index in [1.807, 2.05) is 25.4 Å². The first kappa shape index (κ1) is 57.8. The minimum Gasteiger partial charge on any atom is -0.342 e. The van der Waals surface area contributed by atoms with Gasteiger partial charge in [0.05, 0.1) is 27.8 Å². The van der Waals surface area contributed by atoms with E-state index in [-0.39, 0.29) is 41.3 Å². The Morgan fingerprint density at radius 2 is 1.03 bits per heavy atom. The summed E-state index contributed by atoms with van der Waals surface area (Å²) < 4.78 is 62.2. The van der Waals surface area contributed by atoms with Gasteiger partial charge in [0.2, 0.25) is 25.9 Å². The first-order valence-corrected chi connectivity index (χ1v) is 27.3. The number of aromatic nitrogens is 2. The van der Waals surface area contributed by atoms with E-state index in [1.54, 1.807) is 133 Å². The van der Waals surface area contributed by atoms with Gasteiger partial charge in [-0.3, -0.25) is 60.0 Å². The smallest absolute Gasteiger partial charge is 0.290 e. The summed E-state index contributed by atoms with van der Waals surface area (Å²) in [5, 5.41) is 7.50. The molecule has 2 heterocycles. The van der Waals surface area contributed by atoms with E-state index in [9.17, 15) is 40.8 Å². The largest absolute Gasteiger partial charge is 0.342 e. The van der Waals surface area contributed by atoms with E-state index >= 15 is 0 Å². The molecule has 0 unspecified atom stereocenters. The minimum absolute atomic E-state index is 0.00707. The van der Waals surface area contributed by atoms with E-state index in [4.69, 9.17) is 4.84 Å². The molecule has 0 radical (unpaired) electrons. The van der Waals surface area contributed by atoms with Crippen LogP contribution in [-0.4, -0.2) is 84.5 Å². The number of benzene rings is 4. The lowest BCUT2D eigenvalue weighted by molar-refractivity contribution is -0.684. The number of carbonyl (C=O) groups excluding carboxylic acids is 5. The summed E-state index contributed by atoms with van der Waals surface area (Å²) in [6, 6.07) is 25.8. The Kier molecular flexibility index (Phi) is 20.2. The van der Waals surface area contributed by atoms with Gasteiger partial charge in [0, 0.05) is 67.6 Å². The molecule has 0 saturated carbocycles. The fourth-order valence-corrected chi connectivity index (χ4v) is 10.8. The molecular weight excluding hydrogens is 1030 g/mol. The number of anilines is 6. The molecule has 2 aromatic heterocycles. The predicted molar refractivity (Wildman–Crippen MR) is 291 cm³/mol. The number of nitrogens with one attached hydrogen (secondary N) is 8. The van der Waals surface area contributed by atoms with Crippen molar-refractivity contribution in [1.29, 1.82) is 0 Å². The summed E-state index contributed by atoms with van der Waals surface area (Å²) in [5.74, 6) is -0.978. The Hall–Kier alpha value is -8.45. The number of hydroxylamine groups is 2. The Morgan fingerprint density at radius 3 is 1.52 bits per heavy atom. The zero-order valence-corrected chi connectivity index (χ0v) is 45.2. The van der Waals surface area contributed by atoms with Crippen molar-refractivity contribution in [2.24, 2.45) is 0 Å². The number of hydrazine groups is 2. The fraction of sp³-hybridized carbons (Fsp3) is 0.264. The topological polar surface area (TPSA) is 273 Å². The highest BCUT2D eigenvalue weighted by atomic mass is 32.2. The summed E-state index contributed by atoms with van der Waals surface area (Å²) in [4.78, 5) is 68.8. The quantitative estimate of drug-likeness (QED) is 0.0142. The minimum atomic E-state index is -4.06. The van der Waals surface area contributed by atoms with Crippen LogP contribution in [0.2, 0.25) is 0 Å². The van der Waals surface area contributed by atoms with Crippen molar-refractivity contribution in [3.63, 3.8) is 0 Å². The molecule has 0 saturated heterocycles. The van der Waals surface area contributed by atoms with Gasteiger partial charge in [-0.1, -0.05) is 18.6 Å². The molecule has 6 aromatic rings. The molecule has 24 heteroatoms. The maximum atomic E-state index is 13.4. The molecule has 0 aliphatic carbocycles. The van der Waals surface area contributed by atoms with Crippen LogP contribution in [0.1, 0.15) is 57.4 Å². The number of carbonyl (C=O) groups is 5. The van der Waals surface area contributed by atoms with Crippen molar-refractivity contribution >= 4 is 84.7 Å². The third-order valence-corrected chi connectivity index (χ3v) is 15.2. The van der Waals surface area contributed by atoms with Gasteiger partial charge in [-0.25, -0.2) is 16.8 Å². The van der Waals surface area contributed by atoms with Crippen molar-refractivity contribution in [2.45, 2.75) is 76.4 Å². The van der Waals surface area contributed by atoms with Crippen LogP contribution < -0.4 is 50.9 Å². The Bertz CT molecular complexity index is 3310. The molecule has 22 nitrogen and oxygen atoms in total. The van der Waals surface area contributed by atoms with Gasteiger partial charge in [-0.15, -0.1) is 0 Å². The van der Waals surface area contributed by atoms with E-state index in [2.05, 4.69) is 41.8 Å². The number of unbranched alkanes of at least 4 members (excludes halogenated alkanes) is 2. The Morgan fingerprint density at radius 1 is 0.571 bits per heavy atom. The monoisotopic (exact) mass is 1090 g/mol. The highest BCUT2D eigenvalue weighted by Gasteiger charge is 2.25. The molecule has 8 N–H and O–H groups in total. The first-order valence-electron chi connectivity index (χ1n) is 24.3. The van der Waals surface area contributed by atoms with Gasteiger partial charge in [0.15, 0.2) is 24.8 Å². The van der Waals surface area contributed by atoms with Gasteiger partial charge >= 0.3 is 0 Å². The van der Waals surface area contributed by atoms with E-state index in [0.717, 1.165) is 24.8 Å². The van der Waals surface area contributed by atoms with E-state index < -0.39 is 26.0 Å². The fourth-order valence-electron chi connectivity index (χ4n) is 8.14. The number of amides is 5. The van der Waals surface area contributed by atoms with Crippen LogP contribution in [0, 0.1) is 27.7 Å². The second kappa shape index (κ2) is 26.9. The molecule has 5 amide bonds. The van der Waals surface area contributed by atoms with Crippen LogP contribution in [0.5, 0.6) is 0 Å². The Labute approximate surface area is 448 Å². The van der Waals surface area contributed by atoms with Crippen molar-refractivity contribution in [2.75, 3.05) is 58.1 Å². The third kappa shape index (κ3) is 16.5. The molecule has 0 bridgehead atoms.